The maximum atomic E-state index is 10.8. The molecule has 2 heterocycles. The van der Waals surface area contributed by atoms with E-state index in [1.807, 2.05) is 0 Å². The second kappa shape index (κ2) is 6.10. The molecule has 0 unspecified atom stereocenters. The third kappa shape index (κ3) is 3.28. The third-order valence-electron chi connectivity index (χ3n) is 2.79. The van der Waals surface area contributed by atoms with Crippen LogP contribution in [-0.2, 0) is 19.1 Å². The number of cyclic esters (lactones) is 4. The highest BCUT2D eigenvalue weighted by Crippen LogP contribution is 2.18. The number of benzene rings is 1. The summed E-state index contributed by atoms with van der Waals surface area (Å²) in [5.41, 5.74) is 0.718. The molecular formula is C14H12O6. The molecular weight excluding hydrogens is 264 g/mol. The molecule has 20 heavy (non-hydrogen) atoms. The minimum Gasteiger partial charge on any atom is -0.393 e. The smallest absolute Gasteiger partial charge is 0.346 e. The van der Waals surface area contributed by atoms with Crippen LogP contribution >= 0.6 is 0 Å². The summed E-state index contributed by atoms with van der Waals surface area (Å²) < 4.78 is 8.69. The molecule has 3 rings (SSSR count). The van der Waals surface area contributed by atoms with Crippen molar-refractivity contribution in [1.82, 2.24) is 0 Å². The van der Waals surface area contributed by atoms with Crippen molar-refractivity contribution < 1.29 is 28.7 Å². The summed E-state index contributed by atoms with van der Waals surface area (Å²) in [5, 5.41) is 0. The summed E-state index contributed by atoms with van der Waals surface area (Å²) in [6, 6.07) is 6.53. The van der Waals surface area contributed by atoms with Gasteiger partial charge >= 0.3 is 23.9 Å². The molecule has 2 aliphatic rings. The van der Waals surface area contributed by atoms with Crippen LogP contribution in [0.5, 0.6) is 0 Å². The molecule has 0 saturated carbocycles. The zero-order chi connectivity index (χ0) is 14.5. The first-order valence-corrected chi connectivity index (χ1v) is 6.17. The van der Waals surface area contributed by atoms with E-state index >= 15 is 0 Å². The predicted octanol–water partition coefficient (Wildman–Crippen LogP) is 1.63. The standard InChI is InChI=1S/C8H4O3.C6H8O3/c9-7-5-3-1-2-4-6(5)8(10)11-7;7-5-3-1-2-4-6(8)9-5/h1-4H;1-4H2. The number of hydrogen-bond donors (Lipinski definition) is 0. The Morgan fingerprint density at radius 1 is 0.700 bits per heavy atom. The molecule has 0 N–H and O–H groups in total. The lowest BCUT2D eigenvalue weighted by atomic mass is 10.1. The summed E-state index contributed by atoms with van der Waals surface area (Å²) in [5.74, 6) is -1.86. The molecule has 104 valence electrons. The van der Waals surface area contributed by atoms with Crippen LogP contribution in [0.3, 0.4) is 0 Å². The van der Waals surface area contributed by atoms with Crippen molar-refractivity contribution in [3.8, 4) is 0 Å². The quantitative estimate of drug-likeness (QED) is 0.528. The highest BCUT2D eigenvalue weighted by Gasteiger charge is 2.28. The van der Waals surface area contributed by atoms with E-state index in [2.05, 4.69) is 9.47 Å². The first-order chi connectivity index (χ1) is 9.58. The highest BCUT2D eigenvalue weighted by molar-refractivity contribution is 6.14. The van der Waals surface area contributed by atoms with Gasteiger partial charge in [0, 0.05) is 12.8 Å². The molecule has 0 radical (unpaired) electrons. The van der Waals surface area contributed by atoms with Gasteiger partial charge in [0.2, 0.25) is 0 Å². The second-order valence-corrected chi connectivity index (χ2v) is 4.28. The van der Waals surface area contributed by atoms with Gasteiger partial charge in [0.05, 0.1) is 11.1 Å². The van der Waals surface area contributed by atoms with E-state index in [0.29, 0.717) is 24.0 Å². The first-order valence-electron chi connectivity index (χ1n) is 6.17. The van der Waals surface area contributed by atoms with Gasteiger partial charge in [0.15, 0.2) is 0 Å². The molecule has 0 aromatic heterocycles. The van der Waals surface area contributed by atoms with Crippen LogP contribution in [0.25, 0.3) is 0 Å². The average Bonchev–Trinajstić information content (AvgIpc) is 2.58. The summed E-state index contributed by atoms with van der Waals surface area (Å²) in [6.45, 7) is 0. The molecule has 0 atom stereocenters. The van der Waals surface area contributed by atoms with Crippen LogP contribution in [0.2, 0.25) is 0 Å². The fourth-order valence-electron chi connectivity index (χ4n) is 1.80. The number of ether oxygens (including phenoxy) is 2. The van der Waals surface area contributed by atoms with Crippen LogP contribution in [0.4, 0.5) is 0 Å². The molecule has 0 aliphatic carbocycles. The maximum absolute atomic E-state index is 10.8. The van der Waals surface area contributed by atoms with Crippen molar-refractivity contribution in [3.05, 3.63) is 35.4 Å². The van der Waals surface area contributed by atoms with E-state index in [9.17, 15) is 19.2 Å². The van der Waals surface area contributed by atoms with Gasteiger partial charge in [-0.25, -0.2) is 9.59 Å². The fourth-order valence-corrected chi connectivity index (χ4v) is 1.80. The summed E-state index contributed by atoms with van der Waals surface area (Å²) in [4.78, 5) is 42.6. The van der Waals surface area contributed by atoms with E-state index in [1.54, 1.807) is 24.3 Å². The third-order valence-corrected chi connectivity index (χ3v) is 2.79. The van der Waals surface area contributed by atoms with Gasteiger partial charge < -0.3 is 9.47 Å². The summed E-state index contributed by atoms with van der Waals surface area (Å²) >= 11 is 0. The van der Waals surface area contributed by atoms with Gasteiger partial charge in [-0.15, -0.1) is 0 Å². The first kappa shape index (κ1) is 13.9. The van der Waals surface area contributed by atoms with Crippen molar-refractivity contribution >= 4 is 23.9 Å². The van der Waals surface area contributed by atoms with E-state index in [-0.39, 0.29) is 11.9 Å². The largest absolute Gasteiger partial charge is 0.393 e. The van der Waals surface area contributed by atoms with Gasteiger partial charge in [-0.05, 0) is 25.0 Å². The van der Waals surface area contributed by atoms with Crippen molar-refractivity contribution in [2.24, 2.45) is 0 Å². The molecule has 1 fully saturated rings. The van der Waals surface area contributed by atoms with E-state index in [0.717, 1.165) is 12.8 Å². The Labute approximate surface area is 114 Å². The van der Waals surface area contributed by atoms with E-state index in [4.69, 9.17) is 0 Å². The zero-order valence-corrected chi connectivity index (χ0v) is 10.6. The number of rotatable bonds is 0. The number of hydrogen-bond acceptors (Lipinski definition) is 6. The minimum absolute atomic E-state index is 0.359. The number of carbonyl (C=O) groups is 4. The van der Waals surface area contributed by atoms with Crippen molar-refractivity contribution in [1.29, 1.82) is 0 Å². The number of carbonyl (C=O) groups excluding carboxylic acids is 4. The molecule has 0 spiro atoms. The molecule has 1 aromatic carbocycles. The Morgan fingerprint density at radius 2 is 1.15 bits per heavy atom. The zero-order valence-electron chi connectivity index (χ0n) is 10.6. The van der Waals surface area contributed by atoms with Crippen molar-refractivity contribution in [2.45, 2.75) is 25.7 Å². The van der Waals surface area contributed by atoms with Gasteiger partial charge in [-0.3, -0.25) is 9.59 Å². The lowest BCUT2D eigenvalue weighted by Crippen LogP contribution is -2.07. The molecule has 2 aliphatic heterocycles. The molecule has 1 aromatic rings. The Morgan fingerprint density at radius 3 is 1.60 bits per heavy atom. The fraction of sp³-hybridized carbons (Fsp3) is 0.286. The van der Waals surface area contributed by atoms with E-state index < -0.39 is 11.9 Å². The molecule has 6 heteroatoms. The highest BCUT2D eigenvalue weighted by atomic mass is 16.6. The Balaban J connectivity index is 0.000000151. The minimum atomic E-state index is -0.550. The van der Waals surface area contributed by atoms with E-state index in [1.165, 1.54) is 0 Å². The lowest BCUT2D eigenvalue weighted by molar-refractivity contribution is -0.158. The van der Waals surface area contributed by atoms with Crippen LogP contribution in [0, 0.1) is 0 Å². The Bertz CT molecular complexity index is 526. The van der Waals surface area contributed by atoms with Gasteiger partial charge in [-0.2, -0.15) is 0 Å². The predicted molar refractivity (Wildman–Crippen MR) is 65.8 cm³/mol. The van der Waals surface area contributed by atoms with Gasteiger partial charge in [-0.1, -0.05) is 12.1 Å². The number of fused-ring (bicyclic) bond motifs is 1. The Kier molecular flexibility index (Phi) is 4.24. The van der Waals surface area contributed by atoms with Crippen LogP contribution < -0.4 is 0 Å². The van der Waals surface area contributed by atoms with Crippen molar-refractivity contribution in [3.63, 3.8) is 0 Å². The van der Waals surface area contributed by atoms with Crippen molar-refractivity contribution in [2.75, 3.05) is 0 Å². The number of esters is 4. The van der Waals surface area contributed by atoms with Gasteiger partial charge in [0.1, 0.15) is 0 Å². The molecule has 6 nitrogen and oxygen atoms in total. The molecule has 0 bridgehead atoms. The molecule has 0 amide bonds. The van der Waals surface area contributed by atoms with Crippen LogP contribution in [0.15, 0.2) is 24.3 Å². The van der Waals surface area contributed by atoms with Crippen LogP contribution in [0.1, 0.15) is 46.4 Å². The normalized spacial score (nSPS) is 17.4. The lowest BCUT2D eigenvalue weighted by Gasteiger charge is -1.92. The Hall–Kier alpha value is -2.50. The van der Waals surface area contributed by atoms with Gasteiger partial charge in [0.25, 0.3) is 0 Å². The average molecular weight is 276 g/mol. The topological polar surface area (TPSA) is 86.7 Å². The van der Waals surface area contributed by atoms with Crippen LogP contribution in [-0.4, -0.2) is 23.9 Å². The molecule has 1 saturated heterocycles. The maximum Gasteiger partial charge on any atom is 0.346 e. The SMILES string of the molecule is O=C1CCCCC(=O)O1.O=C1OC(=O)c2ccccc21. The summed E-state index contributed by atoms with van der Waals surface area (Å²) in [7, 11) is 0. The second-order valence-electron chi connectivity index (χ2n) is 4.28. The monoisotopic (exact) mass is 276 g/mol. The summed E-state index contributed by atoms with van der Waals surface area (Å²) in [6.07, 6.45) is 2.35.